The Morgan fingerprint density at radius 3 is 2.55 bits per heavy atom. The number of nitrogens with one attached hydrogen (secondary N) is 2. The number of benzene rings is 2. The molecule has 0 fully saturated rings. The molecule has 0 radical (unpaired) electrons. The second kappa shape index (κ2) is 12.2. The van der Waals surface area contributed by atoms with Gasteiger partial charge in [0.05, 0.1) is 23.6 Å². The Morgan fingerprint density at radius 1 is 1.11 bits per heavy atom. The average Bonchev–Trinajstić information content (AvgIpc) is 3.54. The summed E-state index contributed by atoms with van der Waals surface area (Å²) in [4.78, 5) is 50.7. The van der Waals surface area contributed by atoms with Crippen LogP contribution in [0.5, 0.6) is 0 Å². The molecule has 2 unspecified atom stereocenters. The van der Waals surface area contributed by atoms with Crippen LogP contribution >= 0.6 is 0 Å². The molecule has 0 bridgehead atoms. The summed E-state index contributed by atoms with van der Waals surface area (Å²) in [6.07, 6.45) is 0.671. The average molecular weight is 639 g/mol. The highest BCUT2D eigenvalue weighted by Crippen LogP contribution is 2.45. The number of hydrogen-bond donors (Lipinski definition) is 5. The van der Waals surface area contributed by atoms with Gasteiger partial charge in [-0.3, -0.25) is 9.59 Å². The highest BCUT2D eigenvalue weighted by Gasteiger charge is 2.47. The standard InChI is InChI=1S/C33H31FN8O5/c1-17(43)25(31(45)46)37-23(44)14-11-18-9-12-20(13-10-18)33(2)24-27(35)38-29(39-28(24)40-32(33)47)26-21-7-5-15-36-30(21)42(41-26)16-19-6-3-4-8-22(19)34/h3-10,12-13,15,17,25,43H,11,14,16H2,1-2H3,(H,37,44)(H,45,46)(H3,35,38,39,40,47)/t17?,25?,33-/m0/s1. The van der Waals surface area contributed by atoms with E-state index < -0.39 is 29.4 Å². The van der Waals surface area contributed by atoms with Crippen LogP contribution in [0.25, 0.3) is 22.6 Å². The van der Waals surface area contributed by atoms with E-state index in [1.807, 2.05) is 0 Å². The molecule has 6 N–H and O–H groups in total. The maximum atomic E-state index is 14.5. The van der Waals surface area contributed by atoms with Crippen molar-refractivity contribution < 1.29 is 29.0 Å². The number of anilines is 2. The molecule has 2 amide bonds. The Kier molecular flexibility index (Phi) is 8.11. The van der Waals surface area contributed by atoms with Gasteiger partial charge in [0.15, 0.2) is 17.5 Å². The van der Waals surface area contributed by atoms with Crippen LogP contribution in [0.3, 0.4) is 0 Å². The summed E-state index contributed by atoms with van der Waals surface area (Å²) >= 11 is 0. The lowest BCUT2D eigenvalue weighted by Crippen LogP contribution is -2.47. The number of halogens is 1. The maximum absolute atomic E-state index is 14.5. The van der Waals surface area contributed by atoms with E-state index in [0.717, 1.165) is 5.56 Å². The first kappa shape index (κ1) is 31.2. The quantitative estimate of drug-likeness (QED) is 0.152. The third kappa shape index (κ3) is 5.74. The molecule has 0 aliphatic carbocycles. The number of aliphatic carboxylic acids is 1. The predicted octanol–water partition coefficient (Wildman–Crippen LogP) is 2.80. The van der Waals surface area contributed by atoms with Crippen molar-refractivity contribution in [1.82, 2.24) is 30.0 Å². The van der Waals surface area contributed by atoms with Crippen LogP contribution in [0.4, 0.5) is 16.0 Å². The van der Waals surface area contributed by atoms with Crippen molar-refractivity contribution in [3.05, 3.63) is 94.9 Å². The number of rotatable bonds is 10. The molecular formula is C33H31FN8O5. The van der Waals surface area contributed by atoms with Crippen molar-refractivity contribution >= 4 is 40.5 Å². The van der Waals surface area contributed by atoms with E-state index in [9.17, 15) is 29.0 Å². The number of aliphatic hydroxyl groups is 1. The fraction of sp³-hybridized carbons (Fsp3) is 0.242. The number of nitrogen functional groups attached to an aromatic ring is 1. The summed E-state index contributed by atoms with van der Waals surface area (Å²) in [7, 11) is 0. The molecule has 0 spiro atoms. The first-order valence-corrected chi connectivity index (χ1v) is 14.8. The van der Waals surface area contributed by atoms with Crippen LogP contribution in [-0.2, 0) is 32.8 Å². The lowest BCUT2D eigenvalue weighted by molar-refractivity contribution is -0.144. The van der Waals surface area contributed by atoms with Gasteiger partial charge in [0.1, 0.15) is 28.6 Å². The molecule has 13 nitrogen and oxygen atoms in total. The lowest BCUT2D eigenvalue weighted by atomic mass is 9.77. The Bertz CT molecular complexity index is 2030. The van der Waals surface area contributed by atoms with Gasteiger partial charge in [-0.15, -0.1) is 0 Å². The molecule has 240 valence electrons. The van der Waals surface area contributed by atoms with E-state index in [2.05, 4.69) is 30.7 Å². The molecule has 0 saturated heterocycles. The molecule has 2 aromatic carbocycles. The number of nitrogens with two attached hydrogens (primary N) is 1. The number of carboxylic acid groups (broad SMARTS) is 1. The summed E-state index contributed by atoms with van der Waals surface area (Å²) in [5.74, 6) is -2.06. The first-order valence-electron chi connectivity index (χ1n) is 14.8. The van der Waals surface area contributed by atoms with Gasteiger partial charge in [0.25, 0.3) is 0 Å². The number of aryl methyl sites for hydroxylation is 1. The van der Waals surface area contributed by atoms with Gasteiger partial charge in [-0.25, -0.2) is 28.8 Å². The van der Waals surface area contributed by atoms with Gasteiger partial charge < -0.3 is 26.6 Å². The molecule has 1 aliphatic heterocycles. The molecule has 5 aromatic rings. The molecule has 47 heavy (non-hydrogen) atoms. The lowest BCUT2D eigenvalue weighted by Gasteiger charge is -2.23. The number of carbonyl (C=O) groups excluding carboxylic acids is 2. The zero-order valence-corrected chi connectivity index (χ0v) is 25.4. The number of carbonyl (C=O) groups is 3. The van der Waals surface area contributed by atoms with Crippen LogP contribution in [0, 0.1) is 5.82 Å². The van der Waals surface area contributed by atoms with Crippen molar-refractivity contribution in [2.75, 3.05) is 11.1 Å². The minimum atomic E-state index is -1.40. The monoisotopic (exact) mass is 638 g/mol. The SMILES string of the molecule is CC(O)C(NC(=O)CCc1ccc([C@]2(C)C(=O)Nc3nc(-c4nn(Cc5ccccc5F)c5ncccc45)nc(N)c32)cc1)C(=O)O. The third-order valence-electron chi connectivity index (χ3n) is 8.36. The van der Waals surface area contributed by atoms with E-state index in [-0.39, 0.29) is 42.2 Å². The van der Waals surface area contributed by atoms with Crippen LogP contribution in [0.2, 0.25) is 0 Å². The minimum absolute atomic E-state index is 0.000250. The van der Waals surface area contributed by atoms with Crippen LogP contribution in [0.15, 0.2) is 66.9 Å². The Labute approximate surface area is 267 Å². The highest BCUT2D eigenvalue weighted by atomic mass is 19.1. The Hall–Kier alpha value is -5.76. The van der Waals surface area contributed by atoms with Gasteiger partial charge in [-0.2, -0.15) is 5.10 Å². The smallest absolute Gasteiger partial charge is 0.328 e. The number of aromatic nitrogens is 5. The predicted molar refractivity (Wildman–Crippen MR) is 170 cm³/mol. The van der Waals surface area contributed by atoms with Gasteiger partial charge in [0.2, 0.25) is 11.8 Å². The molecule has 14 heteroatoms. The minimum Gasteiger partial charge on any atom is -0.480 e. The van der Waals surface area contributed by atoms with Crippen molar-refractivity contribution in [2.45, 2.75) is 50.8 Å². The summed E-state index contributed by atoms with van der Waals surface area (Å²) in [6.45, 7) is 3.14. The maximum Gasteiger partial charge on any atom is 0.328 e. The van der Waals surface area contributed by atoms with Gasteiger partial charge in [0, 0.05) is 18.2 Å². The number of aliphatic hydroxyl groups excluding tert-OH is 1. The van der Waals surface area contributed by atoms with Crippen LogP contribution < -0.4 is 16.4 Å². The Balaban J connectivity index is 1.26. The fourth-order valence-corrected chi connectivity index (χ4v) is 5.76. The molecular weight excluding hydrogens is 607 g/mol. The second-order valence-electron chi connectivity index (χ2n) is 11.5. The number of nitrogens with zero attached hydrogens (tertiary/aromatic N) is 5. The van der Waals surface area contributed by atoms with Crippen molar-refractivity contribution in [3.63, 3.8) is 0 Å². The number of amides is 2. The molecule has 1 aliphatic rings. The number of hydrogen-bond acceptors (Lipinski definition) is 9. The van der Waals surface area contributed by atoms with Crippen LogP contribution in [0.1, 0.15) is 42.5 Å². The summed E-state index contributed by atoms with van der Waals surface area (Å²) in [5, 5.41) is 29.2. The molecule has 0 saturated carbocycles. The zero-order chi connectivity index (χ0) is 33.5. The molecule has 3 atom stereocenters. The van der Waals surface area contributed by atoms with Gasteiger partial charge in [-0.1, -0.05) is 42.5 Å². The molecule has 6 rings (SSSR count). The van der Waals surface area contributed by atoms with E-state index >= 15 is 0 Å². The van der Waals surface area contributed by atoms with E-state index in [1.54, 1.807) is 72.4 Å². The first-order chi connectivity index (χ1) is 22.5. The van der Waals surface area contributed by atoms with Gasteiger partial charge in [-0.05, 0) is 49.6 Å². The zero-order valence-electron chi connectivity index (χ0n) is 25.4. The fourth-order valence-electron chi connectivity index (χ4n) is 5.76. The number of pyridine rings is 1. The van der Waals surface area contributed by atoms with E-state index in [4.69, 9.17) is 5.73 Å². The number of fused-ring (bicyclic) bond motifs is 2. The summed E-state index contributed by atoms with van der Waals surface area (Å²) in [6, 6.07) is 15.6. The van der Waals surface area contributed by atoms with Crippen molar-refractivity contribution in [2.24, 2.45) is 0 Å². The summed E-state index contributed by atoms with van der Waals surface area (Å²) in [5.41, 5.74) is 8.41. The van der Waals surface area contributed by atoms with Gasteiger partial charge >= 0.3 is 5.97 Å². The van der Waals surface area contributed by atoms with E-state index in [0.29, 0.717) is 39.8 Å². The molecule has 3 aromatic heterocycles. The van der Waals surface area contributed by atoms with Crippen molar-refractivity contribution in [3.8, 4) is 11.5 Å². The largest absolute Gasteiger partial charge is 0.480 e. The van der Waals surface area contributed by atoms with E-state index in [1.165, 1.54) is 13.0 Å². The number of carboxylic acids is 1. The van der Waals surface area contributed by atoms with Crippen LogP contribution in [-0.4, -0.2) is 64.9 Å². The second-order valence-corrected chi connectivity index (χ2v) is 11.5. The highest BCUT2D eigenvalue weighted by molar-refractivity contribution is 6.09. The normalized spacial score (nSPS) is 16.8. The summed E-state index contributed by atoms with van der Waals surface area (Å²) < 4.78 is 16.0. The topological polar surface area (TPSA) is 198 Å². The molecule has 4 heterocycles. The third-order valence-corrected chi connectivity index (χ3v) is 8.36. The van der Waals surface area contributed by atoms with Crippen molar-refractivity contribution in [1.29, 1.82) is 0 Å². The Morgan fingerprint density at radius 2 is 1.85 bits per heavy atom.